The third-order valence-corrected chi connectivity index (χ3v) is 6.63. The molecule has 0 radical (unpaired) electrons. The molecular weight excluding hydrogens is 684 g/mol. The lowest BCUT2D eigenvalue weighted by atomic mass is 10.6. The van der Waals surface area contributed by atoms with Gasteiger partial charge in [0, 0.05) is 17.3 Å². The van der Waals surface area contributed by atoms with E-state index in [9.17, 15) is 8.42 Å². The Hall–Kier alpha value is -0.320. The van der Waals surface area contributed by atoms with Crippen LogP contribution in [-0.4, -0.2) is 199 Å². The normalized spacial score (nSPS) is 12.0. The van der Waals surface area contributed by atoms with Gasteiger partial charge in [0.15, 0.2) is 0 Å². The summed E-state index contributed by atoms with van der Waals surface area (Å²) < 4.78 is 96.8. The molecular formula is C30H61ClO16S. The second kappa shape index (κ2) is 41.1. The minimum Gasteiger partial charge on any atom is -0.379 e. The molecule has 0 aromatic rings. The average Bonchev–Trinajstić information content (AvgIpc) is 3.06. The van der Waals surface area contributed by atoms with Gasteiger partial charge in [-0.1, -0.05) is 0 Å². The van der Waals surface area contributed by atoms with E-state index >= 15 is 0 Å². The van der Waals surface area contributed by atoms with E-state index in [2.05, 4.69) is 0 Å². The molecule has 0 bridgehead atoms. The van der Waals surface area contributed by atoms with E-state index in [1.54, 1.807) is 0 Å². The third kappa shape index (κ3) is 45.7. The molecule has 0 saturated heterocycles. The Labute approximate surface area is 291 Å². The second-order valence-corrected chi connectivity index (χ2v) is 12.3. The summed E-state index contributed by atoms with van der Waals surface area (Å²) in [5.41, 5.74) is 0. The van der Waals surface area contributed by atoms with Crippen molar-refractivity contribution < 1.29 is 74.7 Å². The maximum absolute atomic E-state index is 10.7. The van der Waals surface area contributed by atoms with Crippen LogP contribution in [0.5, 0.6) is 0 Å². The van der Waals surface area contributed by atoms with Gasteiger partial charge in [-0.15, -0.1) is 0 Å². The smallest absolute Gasteiger partial charge is 0.234 e. The van der Waals surface area contributed by atoms with Gasteiger partial charge in [-0.25, -0.2) is 8.42 Å². The molecule has 0 fully saturated rings. The molecule has 0 aliphatic carbocycles. The van der Waals surface area contributed by atoms with E-state index in [4.69, 9.17) is 77.0 Å². The number of hydrogen-bond acceptors (Lipinski definition) is 16. The molecule has 290 valence electrons. The van der Waals surface area contributed by atoms with E-state index in [1.807, 2.05) is 6.92 Å². The Morgan fingerprint density at radius 3 is 0.583 bits per heavy atom. The van der Waals surface area contributed by atoms with Crippen LogP contribution >= 0.6 is 10.7 Å². The van der Waals surface area contributed by atoms with Crippen molar-refractivity contribution in [3.05, 3.63) is 0 Å². The largest absolute Gasteiger partial charge is 0.379 e. The van der Waals surface area contributed by atoms with Crippen molar-refractivity contribution in [3.63, 3.8) is 0 Å². The van der Waals surface area contributed by atoms with Crippen molar-refractivity contribution >= 4 is 19.7 Å². The van der Waals surface area contributed by atoms with Crippen molar-refractivity contribution in [2.24, 2.45) is 0 Å². The van der Waals surface area contributed by atoms with Crippen molar-refractivity contribution in [2.75, 3.05) is 191 Å². The fourth-order valence-corrected chi connectivity index (χ4v) is 3.67. The first kappa shape index (κ1) is 47.7. The third-order valence-electron chi connectivity index (χ3n) is 5.51. The topological polar surface area (TPSA) is 163 Å². The summed E-state index contributed by atoms with van der Waals surface area (Å²) in [6, 6.07) is 0. The van der Waals surface area contributed by atoms with Crippen LogP contribution in [0.2, 0.25) is 0 Å². The van der Waals surface area contributed by atoms with Gasteiger partial charge in [-0.05, 0) is 6.92 Å². The molecule has 0 unspecified atom stereocenters. The first-order valence-corrected chi connectivity index (χ1v) is 19.0. The van der Waals surface area contributed by atoms with Crippen molar-refractivity contribution in [3.8, 4) is 0 Å². The molecule has 0 aromatic carbocycles. The molecule has 0 N–H and O–H groups in total. The van der Waals surface area contributed by atoms with E-state index in [-0.39, 0.29) is 12.4 Å². The SMILES string of the molecule is CCOCCOCCOCCOCCOCCOCCOCCOCCOCCOCCOCCOCCOCCOCCS(=O)(=O)Cl. The van der Waals surface area contributed by atoms with E-state index in [1.165, 1.54) is 0 Å². The quantitative estimate of drug-likeness (QED) is 0.0636. The lowest BCUT2D eigenvalue weighted by Crippen LogP contribution is -2.15. The molecule has 48 heavy (non-hydrogen) atoms. The summed E-state index contributed by atoms with van der Waals surface area (Å²) >= 11 is 0. The van der Waals surface area contributed by atoms with Crippen LogP contribution in [0.1, 0.15) is 6.92 Å². The fourth-order valence-electron chi connectivity index (χ4n) is 3.16. The van der Waals surface area contributed by atoms with E-state index in [0.29, 0.717) is 178 Å². The molecule has 0 heterocycles. The standard InChI is InChI=1S/C30H61ClO16S/c1-2-34-3-4-35-5-6-36-7-8-37-9-10-38-11-12-39-13-14-40-15-16-41-17-18-42-19-20-43-21-22-44-23-24-45-25-26-46-27-28-47-29-30-48(31,32)33/h2-30H2,1H3. The molecule has 18 heteroatoms. The summed E-state index contributed by atoms with van der Waals surface area (Å²) in [5.74, 6) is -0.217. The molecule has 0 spiro atoms. The highest BCUT2D eigenvalue weighted by molar-refractivity contribution is 8.13. The molecule has 0 rings (SSSR count). The van der Waals surface area contributed by atoms with Crippen LogP contribution in [0.3, 0.4) is 0 Å². The van der Waals surface area contributed by atoms with Crippen LogP contribution < -0.4 is 0 Å². The van der Waals surface area contributed by atoms with Gasteiger partial charge in [-0.3, -0.25) is 0 Å². The fraction of sp³-hybridized carbons (Fsp3) is 1.00. The van der Waals surface area contributed by atoms with Crippen LogP contribution in [0.25, 0.3) is 0 Å². The van der Waals surface area contributed by atoms with E-state index < -0.39 is 9.05 Å². The predicted molar refractivity (Wildman–Crippen MR) is 177 cm³/mol. The van der Waals surface area contributed by atoms with Gasteiger partial charge < -0.3 is 66.3 Å². The lowest BCUT2D eigenvalue weighted by molar-refractivity contribution is -0.0294. The molecule has 0 aromatic heterocycles. The Morgan fingerprint density at radius 2 is 0.438 bits per heavy atom. The Balaban J connectivity index is 3.06. The summed E-state index contributed by atoms with van der Waals surface area (Å²) in [5, 5.41) is 0. The highest BCUT2D eigenvalue weighted by Crippen LogP contribution is 1.95. The highest BCUT2D eigenvalue weighted by atomic mass is 35.7. The minimum absolute atomic E-state index is 0.0487. The highest BCUT2D eigenvalue weighted by Gasteiger charge is 2.04. The summed E-state index contributed by atoms with van der Waals surface area (Å²) in [6.45, 7) is 15.3. The average molecular weight is 745 g/mol. The zero-order valence-electron chi connectivity index (χ0n) is 28.8. The summed E-state index contributed by atoms with van der Waals surface area (Å²) in [6.07, 6.45) is 0. The number of ether oxygens (including phenoxy) is 14. The molecule has 0 amide bonds. The van der Waals surface area contributed by atoms with Gasteiger partial charge in [0.2, 0.25) is 9.05 Å². The molecule has 0 aliphatic rings. The number of halogens is 1. The van der Waals surface area contributed by atoms with Crippen LogP contribution in [-0.2, 0) is 75.4 Å². The van der Waals surface area contributed by atoms with Gasteiger partial charge in [-0.2, -0.15) is 0 Å². The van der Waals surface area contributed by atoms with Crippen LogP contribution in [0, 0.1) is 0 Å². The lowest BCUT2D eigenvalue weighted by Gasteiger charge is -2.09. The summed E-state index contributed by atoms with van der Waals surface area (Å²) in [4.78, 5) is 0. The van der Waals surface area contributed by atoms with Gasteiger partial charge in [0.05, 0.1) is 184 Å². The zero-order chi connectivity index (χ0) is 34.9. The summed E-state index contributed by atoms with van der Waals surface area (Å²) in [7, 11) is 1.56. The van der Waals surface area contributed by atoms with Gasteiger partial charge in [0.1, 0.15) is 0 Å². The molecule has 0 aliphatic heterocycles. The zero-order valence-corrected chi connectivity index (χ0v) is 30.4. The van der Waals surface area contributed by atoms with E-state index in [0.717, 1.165) is 0 Å². The minimum atomic E-state index is -3.52. The molecule has 0 saturated carbocycles. The Bertz CT molecular complexity index is 710. The van der Waals surface area contributed by atoms with Gasteiger partial charge >= 0.3 is 0 Å². The second-order valence-electron chi connectivity index (χ2n) is 9.40. The van der Waals surface area contributed by atoms with Crippen molar-refractivity contribution in [2.45, 2.75) is 6.92 Å². The maximum atomic E-state index is 10.7. The monoisotopic (exact) mass is 744 g/mol. The molecule has 16 nitrogen and oxygen atoms in total. The van der Waals surface area contributed by atoms with Crippen molar-refractivity contribution in [1.82, 2.24) is 0 Å². The Kier molecular flexibility index (Phi) is 40.8. The van der Waals surface area contributed by atoms with Crippen LogP contribution in [0.4, 0.5) is 0 Å². The first-order valence-electron chi connectivity index (χ1n) is 16.6. The predicted octanol–water partition coefficient (Wildman–Crippen LogP) is 0.807. The maximum Gasteiger partial charge on any atom is 0.234 e. The first-order chi connectivity index (χ1) is 23.6. The van der Waals surface area contributed by atoms with Gasteiger partial charge in [0.25, 0.3) is 0 Å². The molecule has 0 atom stereocenters. The number of hydrogen-bond donors (Lipinski definition) is 0. The Morgan fingerprint density at radius 1 is 0.292 bits per heavy atom. The number of rotatable bonds is 43. The van der Waals surface area contributed by atoms with Crippen LogP contribution in [0.15, 0.2) is 0 Å². The van der Waals surface area contributed by atoms with Crippen molar-refractivity contribution in [1.29, 1.82) is 0 Å².